The first kappa shape index (κ1) is 17.6. The zero-order valence-corrected chi connectivity index (χ0v) is 13.1. The number of nitrogens with zero attached hydrogens (tertiary/aromatic N) is 2. The minimum absolute atomic E-state index is 0.276. The lowest BCUT2D eigenvalue weighted by Gasteiger charge is -2.21. The van der Waals surface area contributed by atoms with Gasteiger partial charge in [-0.2, -0.15) is 13.2 Å². The molecule has 0 unspecified atom stereocenters. The summed E-state index contributed by atoms with van der Waals surface area (Å²) in [5.41, 5.74) is -0.664. The van der Waals surface area contributed by atoms with E-state index in [2.05, 4.69) is 24.1 Å². The van der Waals surface area contributed by atoms with Crippen LogP contribution in [0.15, 0.2) is 12.1 Å². The van der Waals surface area contributed by atoms with E-state index in [-0.39, 0.29) is 5.82 Å². The van der Waals surface area contributed by atoms with Crippen molar-refractivity contribution >= 4 is 11.6 Å². The van der Waals surface area contributed by atoms with Crippen molar-refractivity contribution in [3.8, 4) is 0 Å². The molecule has 0 aliphatic heterocycles. The van der Waals surface area contributed by atoms with Gasteiger partial charge in [0.2, 0.25) is 0 Å². The van der Waals surface area contributed by atoms with Crippen LogP contribution in [0.1, 0.15) is 39.2 Å². The highest BCUT2D eigenvalue weighted by atomic mass is 19.4. The van der Waals surface area contributed by atoms with Crippen LogP contribution in [0.5, 0.6) is 0 Å². The number of rotatable bonds is 7. The highest BCUT2D eigenvalue weighted by molar-refractivity contribution is 5.51. The van der Waals surface area contributed by atoms with E-state index in [1.54, 1.807) is 11.9 Å². The topological polar surface area (TPSA) is 28.2 Å². The lowest BCUT2D eigenvalue weighted by atomic mass is 10.1. The second-order valence-corrected chi connectivity index (χ2v) is 5.63. The van der Waals surface area contributed by atoms with E-state index < -0.39 is 11.7 Å². The Morgan fingerprint density at radius 3 is 2.48 bits per heavy atom. The molecule has 1 rings (SSSR count). The number of nitrogens with one attached hydrogen (secondary N) is 1. The summed E-state index contributed by atoms with van der Waals surface area (Å²) < 4.78 is 38.9. The third-order valence-corrected chi connectivity index (χ3v) is 3.13. The van der Waals surface area contributed by atoms with Crippen LogP contribution in [-0.2, 0) is 6.18 Å². The monoisotopic (exact) mass is 303 g/mol. The van der Waals surface area contributed by atoms with Crippen LogP contribution < -0.4 is 10.2 Å². The van der Waals surface area contributed by atoms with Gasteiger partial charge in [-0.3, -0.25) is 0 Å². The summed E-state index contributed by atoms with van der Waals surface area (Å²) in [5.74, 6) is 1.12. The zero-order chi connectivity index (χ0) is 16.0. The molecule has 0 spiro atoms. The molecular formula is C15H24F3N3. The molecule has 0 aromatic carbocycles. The summed E-state index contributed by atoms with van der Waals surface area (Å²) in [6.07, 6.45) is -2.62. The van der Waals surface area contributed by atoms with E-state index in [4.69, 9.17) is 0 Å². The molecule has 0 amide bonds. The largest absolute Gasteiger partial charge is 0.416 e. The molecule has 120 valence electrons. The van der Waals surface area contributed by atoms with E-state index in [0.29, 0.717) is 24.8 Å². The van der Waals surface area contributed by atoms with Gasteiger partial charge in [-0.25, -0.2) is 4.98 Å². The third-order valence-electron chi connectivity index (χ3n) is 3.13. The predicted molar refractivity (Wildman–Crippen MR) is 80.7 cm³/mol. The van der Waals surface area contributed by atoms with Crippen molar-refractivity contribution in [1.82, 2.24) is 4.98 Å². The first-order chi connectivity index (χ1) is 9.74. The number of alkyl halides is 3. The molecule has 0 saturated heterocycles. The number of anilines is 2. The SMILES string of the molecule is CCCNc1cc(C(F)(F)F)cc(N(C)CCC(C)C)n1. The Bertz CT molecular complexity index is 444. The number of hydrogen-bond acceptors (Lipinski definition) is 3. The van der Waals surface area contributed by atoms with Gasteiger partial charge in [-0.1, -0.05) is 20.8 Å². The van der Waals surface area contributed by atoms with Crippen molar-refractivity contribution in [3.63, 3.8) is 0 Å². The van der Waals surface area contributed by atoms with E-state index in [9.17, 15) is 13.2 Å². The maximum Gasteiger partial charge on any atom is 0.416 e. The molecule has 0 aliphatic rings. The summed E-state index contributed by atoms with van der Waals surface area (Å²) in [5, 5.41) is 2.93. The average Bonchev–Trinajstić information content (AvgIpc) is 2.41. The Kier molecular flexibility index (Phi) is 6.30. The standard InChI is InChI=1S/C15H24F3N3/c1-5-7-19-13-9-12(15(16,17)18)10-14(20-13)21(4)8-6-11(2)3/h9-11H,5-8H2,1-4H3,(H,19,20). The Hall–Kier alpha value is -1.46. The minimum Gasteiger partial charge on any atom is -0.370 e. The minimum atomic E-state index is -4.36. The van der Waals surface area contributed by atoms with E-state index in [0.717, 1.165) is 25.0 Å². The molecule has 3 nitrogen and oxygen atoms in total. The fourth-order valence-electron chi connectivity index (χ4n) is 1.79. The summed E-state index contributed by atoms with van der Waals surface area (Å²) in [6, 6.07) is 2.17. The molecule has 0 radical (unpaired) electrons. The summed E-state index contributed by atoms with van der Waals surface area (Å²) in [6.45, 7) is 7.40. The molecule has 0 fully saturated rings. The molecule has 0 saturated carbocycles. The maximum absolute atomic E-state index is 13.0. The number of pyridine rings is 1. The van der Waals surface area contributed by atoms with Crippen LogP contribution in [0.2, 0.25) is 0 Å². The summed E-state index contributed by atoms with van der Waals surface area (Å²) in [7, 11) is 1.77. The van der Waals surface area contributed by atoms with Crippen LogP contribution in [0.25, 0.3) is 0 Å². The van der Waals surface area contributed by atoms with Crippen LogP contribution in [0.4, 0.5) is 24.8 Å². The lowest BCUT2D eigenvalue weighted by molar-refractivity contribution is -0.137. The van der Waals surface area contributed by atoms with E-state index in [1.165, 1.54) is 0 Å². The molecular weight excluding hydrogens is 279 g/mol. The van der Waals surface area contributed by atoms with Gasteiger partial charge in [0.05, 0.1) is 5.56 Å². The smallest absolute Gasteiger partial charge is 0.370 e. The predicted octanol–water partition coefficient (Wildman–Crippen LogP) is 4.40. The van der Waals surface area contributed by atoms with Gasteiger partial charge in [0.25, 0.3) is 0 Å². The van der Waals surface area contributed by atoms with Gasteiger partial charge in [0.15, 0.2) is 0 Å². The highest BCUT2D eigenvalue weighted by Crippen LogP contribution is 2.32. The fraction of sp³-hybridized carbons (Fsp3) is 0.667. The lowest BCUT2D eigenvalue weighted by Crippen LogP contribution is -2.22. The Morgan fingerprint density at radius 2 is 1.95 bits per heavy atom. The highest BCUT2D eigenvalue weighted by Gasteiger charge is 2.32. The van der Waals surface area contributed by atoms with Gasteiger partial charge in [0.1, 0.15) is 11.6 Å². The van der Waals surface area contributed by atoms with Gasteiger partial charge in [-0.05, 0) is 30.9 Å². The normalized spacial score (nSPS) is 11.8. The number of halogens is 3. The summed E-state index contributed by atoms with van der Waals surface area (Å²) in [4.78, 5) is 6.05. The number of hydrogen-bond donors (Lipinski definition) is 1. The molecule has 6 heteroatoms. The number of aromatic nitrogens is 1. The van der Waals surface area contributed by atoms with Gasteiger partial charge < -0.3 is 10.2 Å². The van der Waals surface area contributed by atoms with Crippen LogP contribution >= 0.6 is 0 Å². The second-order valence-electron chi connectivity index (χ2n) is 5.63. The Labute approximate surface area is 124 Å². The maximum atomic E-state index is 13.0. The van der Waals surface area contributed by atoms with Gasteiger partial charge in [0, 0.05) is 20.1 Å². The van der Waals surface area contributed by atoms with E-state index >= 15 is 0 Å². The van der Waals surface area contributed by atoms with Gasteiger partial charge >= 0.3 is 6.18 Å². The first-order valence-corrected chi connectivity index (χ1v) is 7.28. The van der Waals surface area contributed by atoms with Crippen LogP contribution in [0, 0.1) is 5.92 Å². The Morgan fingerprint density at radius 1 is 1.29 bits per heavy atom. The molecule has 1 aromatic heterocycles. The second kappa shape index (κ2) is 7.52. The quantitative estimate of drug-likeness (QED) is 0.809. The van der Waals surface area contributed by atoms with Crippen molar-refractivity contribution in [3.05, 3.63) is 17.7 Å². The van der Waals surface area contributed by atoms with Crippen molar-refractivity contribution in [2.75, 3.05) is 30.4 Å². The molecule has 1 N–H and O–H groups in total. The van der Waals surface area contributed by atoms with Crippen molar-refractivity contribution in [2.45, 2.75) is 39.8 Å². The van der Waals surface area contributed by atoms with Crippen molar-refractivity contribution in [2.24, 2.45) is 5.92 Å². The van der Waals surface area contributed by atoms with Crippen LogP contribution in [0.3, 0.4) is 0 Å². The molecule has 1 aromatic rings. The third kappa shape index (κ3) is 5.81. The molecule has 1 heterocycles. The molecule has 21 heavy (non-hydrogen) atoms. The molecule has 0 atom stereocenters. The van der Waals surface area contributed by atoms with Gasteiger partial charge in [-0.15, -0.1) is 0 Å². The molecule has 0 bridgehead atoms. The fourth-order valence-corrected chi connectivity index (χ4v) is 1.79. The zero-order valence-electron chi connectivity index (χ0n) is 13.1. The summed E-state index contributed by atoms with van der Waals surface area (Å²) >= 11 is 0. The average molecular weight is 303 g/mol. The first-order valence-electron chi connectivity index (χ1n) is 7.28. The van der Waals surface area contributed by atoms with E-state index in [1.807, 2.05) is 6.92 Å². The van der Waals surface area contributed by atoms with Crippen LogP contribution in [-0.4, -0.2) is 25.1 Å². The molecule has 0 aliphatic carbocycles. The van der Waals surface area contributed by atoms with Crippen molar-refractivity contribution in [1.29, 1.82) is 0 Å². The Balaban J connectivity index is 3.00. The van der Waals surface area contributed by atoms with Crippen molar-refractivity contribution < 1.29 is 13.2 Å².